The lowest BCUT2D eigenvalue weighted by atomic mass is 9.90. The van der Waals surface area contributed by atoms with Crippen LogP contribution in [0.3, 0.4) is 0 Å². The Kier molecular flexibility index (Phi) is 5.54. The summed E-state index contributed by atoms with van der Waals surface area (Å²) in [5.41, 5.74) is 3.48. The molecule has 1 aromatic heterocycles. The third-order valence-electron chi connectivity index (χ3n) is 4.78. The third-order valence-corrected chi connectivity index (χ3v) is 4.78. The lowest BCUT2D eigenvalue weighted by Crippen LogP contribution is -2.22. The van der Waals surface area contributed by atoms with Crippen LogP contribution in [-0.2, 0) is 11.4 Å². The van der Waals surface area contributed by atoms with Crippen LogP contribution >= 0.6 is 0 Å². The van der Waals surface area contributed by atoms with Gasteiger partial charge in [-0.2, -0.15) is 0 Å². The van der Waals surface area contributed by atoms with Crippen LogP contribution in [0.4, 0.5) is 5.69 Å². The molecular formula is C25H21NO3. The Labute approximate surface area is 169 Å². The molecule has 0 radical (unpaired) electrons. The van der Waals surface area contributed by atoms with E-state index in [0.29, 0.717) is 17.2 Å². The number of furan rings is 1. The topological polar surface area (TPSA) is 62.5 Å². The zero-order valence-electron chi connectivity index (χ0n) is 15.8. The Morgan fingerprint density at radius 2 is 1.38 bits per heavy atom. The zero-order chi connectivity index (χ0) is 20.1. The molecule has 4 heteroatoms. The molecule has 0 atom stereocenters. The Balaban J connectivity index is 1.56. The van der Waals surface area contributed by atoms with Gasteiger partial charge in [-0.15, -0.1) is 0 Å². The van der Waals surface area contributed by atoms with Crippen molar-refractivity contribution >= 4 is 11.6 Å². The van der Waals surface area contributed by atoms with Gasteiger partial charge in [-0.1, -0.05) is 60.7 Å². The van der Waals surface area contributed by atoms with Gasteiger partial charge in [0.2, 0.25) is 5.91 Å². The van der Waals surface area contributed by atoms with E-state index in [-0.39, 0.29) is 12.5 Å². The quantitative estimate of drug-likeness (QED) is 0.480. The number of hydrogen-bond donors (Lipinski definition) is 2. The normalized spacial score (nSPS) is 10.8. The average molecular weight is 383 g/mol. The summed E-state index contributed by atoms with van der Waals surface area (Å²) in [4.78, 5) is 13.2. The molecule has 2 N–H and O–H groups in total. The van der Waals surface area contributed by atoms with Gasteiger partial charge >= 0.3 is 0 Å². The fourth-order valence-electron chi connectivity index (χ4n) is 3.34. The molecular weight excluding hydrogens is 362 g/mol. The molecule has 1 heterocycles. The molecule has 29 heavy (non-hydrogen) atoms. The first-order chi connectivity index (χ1) is 14.2. The number of benzene rings is 3. The molecule has 0 aliphatic rings. The van der Waals surface area contributed by atoms with Gasteiger partial charge in [-0.3, -0.25) is 4.79 Å². The fourth-order valence-corrected chi connectivity index (χ4v) is 3.34. The summed E-state index contributed by atoms with van der Waals surface area (Å²) in [5.74, 6) is 0.717. The van der Waals surface area contributed by atoms with E-state index in [1.807, 2.05) is 91.0 Å². The molecule has 0 saturated carbocycles. The molecule has 4 aromatic rings. The molecule has 4 rings (SSSR count). The first-order valence-corrected chi connectivity index (χ1v) is 9.45. The average Bonchev–Trinajstić information content (AvgIpc) is 3.25. The van der Waals surface area contributed by atoms with Crippen LogP contribution in [0.5, 0.6) is 0 Å². The van der Waals surface area contributed by atoms with Crippen LogP contribution in [0.2, 0.25) is 0 Å². The molecule has 144 valence electrons. The van der Waals surface area contributed by atoms with Crippen LogP contribution in [0.1, 0.15) is 22.8 Å². The molecule has 0 aliphatic carbocycles. The van der Waals surface area contributed by atoms with Crippen LogP contribution in [0.25, 0.3) is 11.3 Å². The van der Waals surface area contributed by atoms with Gasteiger partial charge in [-0.25, -0.2) is 0 Å². The van der Waals surface area contributed by atoms with E-state index in [0.717, 1.165) is 16.7 Å². The van der Waals surface area contributed by atoms with Crippen molar-refractivity contribution in [3.8, 4) is 11.3 Å². The van der Waals surface area contributed by atoms with Gasteiger partial charge in [-0.05, 0) is 47.5 Å². The first kappa shape index (κ1) is 18.7. The predicted octanol–water partition coefficient (Wildman–Crippen LogP) is 5.21. The number of nitrogens with one attached hydrogen (secondary N) is 1. The molecule has 0 bridgehead atoms. The van der Waals surface area contributed by atoms with Crippen molar-refractivity contribution in [3.05, 3.63) is 114 Å². The SMILES string of the molecule is O=C(Nc1ccc(-c2ccc(CO)o2)cc1)C(c1ccccc1)c1ccccc1. The van der Waals surface area contributed by atoms with Crippen LogP contribution in [0, 0.1) is 0 Å². The lowest BCUT2D eigenvalue weighted by Gasteiger charge is -2.18. The summed E-state index contributed by atoms with van der Waals surface area (Å²) in [6, 6.07) is 30.6. The van der Waals surface area contributed by atoms with Crippen molar-refractivity contribution in [3.63, 3.8) is 0 Å². The second-order valence-corrected chi connectivity index (χ2v) is 6.75. The molecule has 0 spiro atoms. The summed E-state index contributed by atoms with van der Waals surface area (Å²) < 4.78 is 5.56. The number of hydrogen-bond acceptors (Lipinski definition) is 3. The highest BCUT2D eigenvalue weighted by atomic mass is 16.4. The van der Waals surface area contributed by atoms with Gasteiger partial charge < -0.3 is 14.8 Å². The van der Waals surface area contributed by atoms with Crippen molar-refractivity contribution < 1.29 is 14.3 Å². The van der Waals surface area contributed by atoms with Crippen molar-refractivity contribution in [2.24, 2.45) is 0 Å². The smallest absolute Gasteiger partial charge is 0.236 e. The van der Waals surface area contributed by atoms with Crippen LogP contribution < -0.4 is 5.32 Å². The van der Waals surface area contributed by atoms with Crippen molar-refractivity contribution in [2.45, 2.75) is 12.5 Å². The number of aliphatic hydroxyl groups excluding tert-OH is 1. The van der Waals surface area contributed by atoms with E-state index < -0.39 is 5.92 Å². The van der Waals surface area contributed by atoms with E-state index in [1.54, 1.807) is 6.07 Å². The Morgan fingerprint density at radius 1 is 0.793 bits per heavy atom. The number of rotatable bonds is 6. The summed E-state index contributed by atoms with van der Waals surface area (Å²) in [6.07, 6.45) is 0. The van der Waals surface area contributed by atoms with Crippen LogP contribution in [-0.4, -0.2) is 11.0 Å². The van der Waals surface area contributed by atoms with Crippen molar-refractivity contribution in [2.75, 3.05) is 5.32 Å². The number of anilines is 1. The van der Waals surface area contributed by atoms with Gasteiger partial charge in [0.15, 0.2) is 0 Å². The minimum atomic E-state index is -0.394. The number of amides is 1. The highest BCUT2D eigenvalue weighted by Gasteiger charge is 2.22. The second kappa shape index (κ2) is 8.59. The highest BCUT2D eigenvalue weighted by molar-refractivity contribution is 5.98. The lowest BCUT2D eigenvalue weighted by molar-refractivity contribution is -0.116. The Morgan fingerprint density at radius 3 is 1.90 bits per heavy atom. The predicted molar refractivity (Wildman–Crippen MR) is 113 cm³/mol. The molecule has 3 aromatic carbocycles. The molecule has 4 nitrogen and oxygen atoms in total. The number of carbonyl (C=O) groups excluding carboxylic acids is 1. The minimum absolute atomic E-state index is 0.0873. The summed E-state index contributed by atoms with van der Waals surface area (Å²) in [5, 5.41) is 12.2. The maximum absolute atomic E-state index is 13.2. The largest absolute Gasteiger partial charge is 0.459 e. The van der Waals surface area contributed by atoms with E-state index in [9.17, 15) is 4.79 Å². The van der Waals surface area contributed by atoms with E-state index in [1.165, 1.54) is 0 Å². The van der Waals surface area contributed by atoms with Crippen LogP contribution in [0.15, 0.2) is 101 Å². The number of carbonyl (C=O) groups is 1. The van der Waals surface area contributed by atoms with E-state index >= 15 is 0 Å². The summed E-state index contributed by atoms with van der Waals surface area (Å²) in [7, 11) is 0. The monoisotopic (exact) mass is 383 g/mol. The summed E-state index contributed by atoms with van der Waals surface area (Å²) in [6.45, 7) is -0.130. The number of aliphatic hydroxyl groups is 1. The van der Waals surface area contributed by atoms with Gasteiger partial charge in [0.25, 0.3) is 0 Å². The minimum Gasteiger partial charge on any atom is -0.459 e. The molecule has 0 aliphatic heterocycles. The van der Waals surface area contributed by atoms with E-state index in [2.05, 4.69) is 5.32 Å². The molecule has 0 saturated heterocycles. The standard InChI is InChI=1S/C25H21NO3/c27-17-22-15-16-23(29-22)18-11-13-21(14-12-18)26-25(28)24(19-7-3-1-4-8-19)20-9-5-2-6-10-20/h1-16,24,27H,17H2,(H,26,28). The highest BCUT2D eigenvalue weighted by Crippen LogP contribution is 2.28. The van der Waals surface area contributed by atoms with Gasteiger partial charge in [0, 0.05) is 11.3 Å². The maximum atomic E-state index is 13.2. The van der Waals surface area contributed by atoms with Crippen molar-refractivity contribution in [1.29, 1.82) is 0 Å². The fraction of sp³-hybridized carbons (Fsp3) is 0.0800. The Hall–Kier alpha value is -3.63. The molecule has 0 fully saturated rings. The summed E-state index contributed by atoms with van der Waals surface area (Å²) >= 11 is 0. The van der Waals surface area contributed by atoms with Gasteiger partial charge in [0.1, 0.15) is 18.1 Å². The first-order valence-electron chi connectivity index (χ1n) is 9.45. The zero-order valence-corrected chi connectivity index (χ0v) is 15.8. The maximum Gasteiger partial charge on any atom is 0.236 e. The molecule has 0 unspecified atom stereocenters. The third kappa shape index (κ3) is 4.28. The second-order valence-electron chi connectivity index (χ2n) is 6.75. The van der Waals surface area contributed by atoms with Gasteiger partial charge in [0.05, 0.1) is 5.92 Å². The van der Waals surface area contributed by atoms with E-state index in [4.69, 9.17) is 9.52 Å². The Bertz CT molecular complexity index is 1030. The van der Waals surface area contributed by atoms with Crippen molar-refractivity contribution in [1.82, 2.24) is 0 Å². The molecule has 1 amide bonds.